The van der Waals surface area contributed by atoms with Crippen LogP contribution in [0, 0.1) is 0 Å². The summed E-state index contributed by atoms with van der Waals surface area (Å²) < 4.78 is 11.5. The SMILES string of the molecule is CC1=c2ccncc2=CC2c3ccc(OCCN4CCOCC4)cc3N(C)C12C. The van der Waals surface area contributed by atoms with Crippen LogP contribution >= 0.6 is 0 Å². The number of hydrogen-bond donors (Lipinski definition) is 0. The van der Waals surface area contributed by atoms with Crippen LogP contribution in [0.25, 0.3) is 11.6 Å². The molecule has 2 unspecified atom stereocenters. The lowest BCUT2D eigenvalue weighted by Gasteiger charge is -2.40. The van der Waals surface area contributed by atoms with Gasteiger partial charge in [-0.2, -0.15) is 0 Å². The van der Waals surface area contributed by atoms with Gasteiger partial charge in [-0.1, -0.05) is 12.1 Å². The summed E-state index contributed by atoms with van der Waals surface area (Å²) in [5.74, 6) is 1.27. The van der Waals surface area contributed by atoms with Crippen LogP contribution in [0.5, 0.6) is 5.75 Å². The predicted molar refractivity (Wildman–Crippen MR) is 116 cm³/mol. The smallest absolute Gasteiger partial charge is 0.121 e. The third-order valence-corrected chi connectivity index (χ3v) is 7.14. The quantitative estimate of drug-likeness (QED) is 0.794. The molecule has 1 aromatic carbocycles. The van der Waals surface area contributed by atoms with Gasteiger partial charge in [-0.25, -0.2) is 0 Å². The van der Waals surface area contributed by atoms with Crippen molar-refractivity contribution in [2.45, 2.75) is 25.3 Å². The molecule has 1 aliphatic carbocycles. The van der Waals surface area contributed by atoms with Crippen molar-refractivity contribution in [3.05, 3.63) is 52.7 Å². The third kappa shape index (κ3) is 2.95. The van der Waals surface area contributed by atoms with Gasteiger partial charge < -0.3 is 14.4 Å². The Labute approximate surface area is 172 Å². The Bertz CT molecular complexity index is 1040. The fourth-order valence-electron chi connectivity index (χ4n) is 5.12. The average Bonchev–Trinajstić information content (AvgIpc) is 2.97. The Balaban J connectivity index is 1.41. The van der Waals surface area contributed by atoms with Crippen molar-refractivity contribution < 1.29 is 9.47 Å². The van der Waals surface area contributed by atoms with Crippen LogP contribution < -0.4 is 20.1 Å². The normalized spacial score (nSPS) is 25.8. The molecule has 152 valence electrons. The number of rotatable bonds is 4. The second kappa shape index (κ2) is 7.15. The van der Waals surface area contributed by atoms with Gasteiger partial charge >= 0.3 is 0 Å². The highest BCUT2D eigenvalue weighted by atomic mass is 16.5. The second-order valence-electron chi connectivity index (χ2n) is 8.46. The summed E-state index contributed by atoms with van der Waals surface area (Å²) in [6.45, 7) is 9.92. The van der Waals surface area contributed by atoms with E-state index in [0.29, 0.717) is 12.5 Å². The Hall–Kier alpha value is -2.37. The van der Waals surface area contributed by atoms with Crippen LogP contribution in [0.2, 0.25) is 0 Å². The van der Waals surface area contributed by atoms with Gasteiger partial charge in [0.05, 0.1) is 18.8 Å². The van der Waals surface area contributed by atoms with Gasteiger partial charge in [0.1, 0.15) is 12.4 Å². The van der Waals surface area contributed by atoms with E-state index < -0.39 is 0 Å². The molecule has 0 N–H and O–H groups in total. The van der Waals surface area contributed by atoms with Gasteiger partial charge in [0, 0.05) is 56.7 Å². The topological polar surface area (TPSA) is 37.8 Å². The van der Waals surface area contributed by atoms with E-state index in [1.165, 1.54) is 27.3 Å². The lowest BCUT2D eigenvalue weighted by atomic mass is 9.74. The summed E-state index contributed by atoms with van der Waals surface area (Å²) in [6, 6.07) is 8.72. The minimum absolute atomic E-state index is 0.0664. The monoisotopic (exact) mass is 391 g/mol. The number of hydrogen-bond acceptors (Lipinski definition) is 5. The molecule has 0 radical (unpaired) electrons. The van der Waals surface area contributed by atoms with Gasteiger partial charge in [0.2, 0.25) is 0 Å². The Morgan fingerprint density at radius 2 is 2.07 bits per heavy atom. The first-order valence-electron chi connectivity index (χ1n) is 10.5. The number of ether oxygens (including phenoxy) is 2. The first kappa shape index (κ1) is 18.6. The van der Waals surface area contributed by atoms with Gasteiger partial charge in [-0.15, -0.1) is 0 Å². The van der Waals surface area contributed by atoms with Crippen LogP contribution in [0.15, 0.2) is 36.7 Å². The van der Waals surface area contributed by atoms with Crippen molar-refractivity contribution in [2.75, 3.05) is 51.4 Å². The first-order chi connectivity index (χ1) is 14.1. The molecule has 0 saturated carbocycles. The molecule has 0 spiro atoms. The molecule has 2 aromatic rings. The molecule has 2 atom stereocenters. The standard InChI is InChI=1S/C24H29N3O2/c1-17-20-6-7-25-16-18(20)14-22-21-5-4-19(15-23(21)26(3)24(17,22)2)29-13-10-27-8-11-28-12-9-27/h4-7,14-16,22H,8-13H2,1-3H3. The molecule has 29 heavy (non-hydrogen) atoms. The Morgan fingerprint density at radius 1 is 1.24 bits per heavy atom. The van der Waals surface area contributed by atoms with Gasteiger partial charge in [0.25, 0.3) is 0 Å². The molecule has 0 amide bonds. The van der Waals surface area contributed by atoms with Gasteiger partial charge in [-0.3, -0.25) is 9.88 Å². The zero-order valence-corrected chi connectivity index (χ0v) is 17.5. The van der Waals surface area contributed by atoms with Crippen molar-refractivity contribution in [3.8, 4) is 5.75 Å². The molecular formula is C24H29N3O2. The van der Waals surface area contributed by atoms with Crippen molar-refractivity contribution in [3.63, 3.8) is 0 Å². The van der Waals surface area contributed by atoms with Gasteiger partial charge in [0.15, 0.2) is 0 Å². The fourth-order valence-corrected chi connectivity index (χ4v) is 5.12. The van der Waals surface area contributed by atoms with E-state index in [9.17, 15) is 0 Å². The molecule has 5 heteroatoms. The number of benzene rings is 1. The predicted octanol–water partition coefficient (Wildman–Crippen LogP) is 1.75. The summed E-state index contributed by atoms with van der Waals surface area (Å²) >= 11 is 0. The molecule has 5 nitrogen and oxygen atoms in total. The maximum absolute atomic E-state index is 6.12. The molecular weight excluding hydrogens is 362 g/mol. The van der Waals surface area contributed by atoms with Crippen molar-refractivity contribution in [1.82, 2.24) is 9.88 Å². The van der Waals surface area contributed by atoms with Crippen LogP contribution in [0.3, 0.4) is 0 Å². The molecule has 1 fully saturated rings. The first-order valence-corrected chi connectivity index (χ1v) is 10.5. The minimum atomic E-state index is -0.0664. The number of morpholine rings is 1. The van der Waals surface area contributed by atoms with Crippen LogP contribution in [-0.4, -0.2) is 61.9 Å². The highest BCUT2D eigenvalue weighted by Gasteiger charge is 2.48. The fraction of sp³-hybridized carbons (Fsp3) is 0.458. The van der Waals surface area contributed by atoms with Crippen LogP contribution in [0.4, 0.5) is 5.69 Å². The number of pyridine rings is 1. The highest BCUT2D eigenvalue weighted by Crippen LogP contribution is 2.52. The number of fused-ring (bicyclic) bond motifs is 4. The summed E-state index contributed by atoms with van der Waals surface area (Å²) in [6.07, 6.45) is 6.26. The number of anilines is 1. The molecule has 1 aromatic heterocycles. The molecule has 5 rings (SSSR count). The highest BCUT2D eigenvalue weighted by molar-refractivity contribution is 5.80. The van der Waals surface area contributed by atoms with E-state index in [-0.39, 0.29) is 5.54 Å². The molecule has 2 aliphatic heterocycles. The van der Waals surface area contributed by atoms with Crippen LogP contribution in [-0.2, 0) is 4.74 Å². The summed E-state index contributed by atoms with van der Waals surface area (Å²) in [7, 11) is 2.21. The lowest BCUT2D eigenvalue weighted by Crippen LogP contribution is -2.51. The second-order valence-corrected chi connectivity index (χ2v) is 8.46. The van der Waals surface area contributed by atoms with Gasteiger partial charge in [-0.05, 0) is 47.6 Å². The van der Waals surface area contributed by atoms with E-state index in [2.05, 4.69) is 66.0 Å². The van der Waals surface area contributed by atoms with E-state index in [1.807, 2.05) is 12.4 Å². The van der Waals surface area contributed by atoms with Crippen molar-refractivity contribution >= 4 is 17.3 Å². The van der Waals surface area contributed by atoms with Crippen molar-refractivity contribution in [1.29, 1.82) is 0 Å². The summed E-state index contributed by atoms with van der Waals surface area (Å²) in [5.41, 5.74) is 3.96. The van der Waals surface area contributed by atoms with E-state index >= 15 is 0 Å². The number of likely N-dealkylation sites (N-methyl/N-ethyl adjacent to an activating group) is 1. The number of nitrogens with zero attached hydrogens (tertiary/aromatic N) is 3. The lowest BCUT2D eigenvalue weighted by molar-refractivity contribution is 0.0322. The minimum Gasteiger partial charge on any atom is -0.492 e. The number of aromatic nitrogens is 1. The molecule has 3 aliphatic rings. The van der Waals surface area contributed by atoms with Crippen LogP contribution in [0.1, 0.15) is 25.3 Å². The van der Waals surface area contributed by atoms with Crippen molar-refractivity contribution in [2.24, 2.45) is 0 Å². The average molecular weight is 392 g/mol. The zero-order valence-electron chi connectivity index (χ0n) is 17.5. The maximum Gasteiger partial charge on any atom is 0.121 e. The Morgan fingerprint density at radius 3 is 2.90 bits per heavy atom. The summed E-state index contributed by atoms with van der Waals surface area (Å²) in [4.78, 5) is 9.17. The largest absolute Gasteiger partial charge is 0.492 e. The maximum atomic E-state index is 6.12. The molecule has 1 saturated heterocycles. The molecule has 3 heterocycles. The summed E-state index contributed by atoms with van der Waals surface area (Å²) in [5, 5.41) is 2.54. The van der Waals surface area contributed by atoms with E-state index in [0.717, 1.165) is 38.6 Å². The van der Waals surface area contributed by atoms with E-state index in [1.54, 1.807) is 0 Å². The van der Waals surface area contributed by atoms with E-state index in [4.69, 9.17) is 9.47 Å². The zero-order chi connectivity index (χ0) is 20.0. The third-order valence-electron chi connectivity index (χ3n) is 7.14. The molecule has 0 bridgehead atoms. The Kier molecular flexibility index (Phi) is 4.60.